The zero-order valence-corrected chi connectivity index (χ0v) is 20.3. The minimum Gasteiger partial charge on any atom is -0.507 e. The number of nitrogens with zero attached hydrogens (tertiary/aromatic N) is 1. The molecule has 0 spiro atoms. The van der Waals surface area contributed by atoms with Gasteiger partial charge in [0.05, 0.1) is 29.7 Å². The van der Waals surface area contributed by atoms with Crippen molar-refractivity contribution in [1.82, 2.24) is 0 Å². The van der Waals surface area contributed by atoms with E-state index in [9.17, 15) is 33.2 Å². The first kappa shape index (κ1) is 26.7. The quantitative estimate of drug-likeness (QED) is 0.200. The number of methoxy groups -OCH3 is 2. The van der Waals surface area contributed by atoms with Crippen molar-refractivity contribution in [3.05, 3.63) is 76.3 Å². The molecule has 0 radical (unpaired) electrons. The van der Waals surface area contributed by atoms with Crippen LogP contribution in [0.2, 0.25) is 0 Å². The van der Waals surface area contributed by atoms with Gasteiger partial charge in [-0.15, -0.1) is 0 Å². The highest BCUT2D eigenvalue weighted by atomic mass is 32.2. The molecule has 0 fully saturated rings. The monoisotopic (exact) mass is 531 g/mol. The van der Waals surface area contributed by atoms with Gasteiger partial charge in [0.25, 0.3) is 21.6 Å². The van der Waals surface area contributed by atoms with Crippen molar-refractivity contribution in [2.45, 2.75) is 4.90 Å². The van der Waals surface area contributed by atoms with Gasteiger partial charge in [-0.2, -0.15) is 0 Å². The van der Waals surface area contributed by atoms with Gasteiger partial charge >= 0.3 is 5.97 Å². The van der Waals surface area contributed by atoms with Crippen LogP contribution in [0.4, 0.5) is 17.1 Å². The Bertz CT molecular complexity index is 1440. The maximum atomic E-state index is 12.7. The van der Waals surface area contributed by atoms with Crippen molar-refractivity contribution in [3.63, 3.8) is 0 Å². The van der Waals surface area contributed by atoms with Crippen molar-refractivity contribution >= 4 is 39.0 Å². The van der Waals surface area contributed by atoms with Crippen LogP contribution >= 0.6 is 0 Å². The summed E-state index contributed by atoms with van der Waals surface area (Å²) >= 11 is 0. The van der Waals surface area contributed by atoms with Gasteiger partial charge in [0.2, 0.25) is 0 Å². The van der Waals surface area contributed by atoms with Gasteiger partial charge in [0.1, 0.15) is 22.8 Å². The molecule has 13 nitrogen and oxygen atoms in total. The molecule has 194 valence electrons. The maximum Gasteiger partial charge on any atom is 0.342 e. The van der Waals surface area contributed by atoms with Crippen molar-refractivity contribution in [2.75, 3.05) is 30.9 Å². The summed E-state index contributed by atoms with van der Waals surface area (Å²) < 4.78 is 42.8. The van der Waals surface area contributed by atoms with E-state index in [1.807, 2.05) is 0 Å². The second-order valence-electron chi connectivity index (χ2n) is 7.28. The number of nitro groups is 1. The number of hydrogen-bond donors (Lipinski definition) is 3. The number of non-ortho nitro benzene ring substituents is 1. The van der Waals surface area contributed by atoms with E-state index in [2.05, 4.69) is 10.0 Å². The number of esters is 1. The lowest BCUT2D eigenvalue weighted by Gasteiger charge is -2.12. The molecular weight excluding hydrogens is 510 g/mol. The lowest BCUT2D eigenvalue weighted by molar-refractivity contribution is -0.384. The lowest BCUT2D eigenvalue weighted by atomic mass is 10.2. The first-order valence-electron chi connectivity index (χ1n) is 10.3. The molecule has 0 aliphatic rings. The Hall–Kier alpha value is -4.85. The summed E-state index contributed by atoms with van der Waals surface area (Å²) in [5.74, 6) is -1.65. The van der Waals surface area contributed by atoms with Gasteiger partial charge < -0.3 is 24.6 Å². The average molecular weight is 531 g/mol. The van der Waals surface area contributed by atoms with E-state index >= 15 is 0 Å². The van der Waals surface area contributed by atoms with Gasteiger partial charge in [0.15, 0.2) is 6.61 Å². The normalized spacial score (nSPS) is 10.8. The fraction of sp³-hybridized carbons (Fsp3) is 0.130. The standard InChI is InChI=1S/C23H21N3O10S/c1-34-16-7-9-19(21(11-16)35-2)24-22(28)13-36-23(29)18-12-17(8-10-20(18)27)37(32,33)25-14-3-5-15(6-4-14)26(30)31/h3-12,25,27H,13H2,1-2H3,(H,24,28). The van der Waals surface area contributed by atoms with E-state index in [1.54, 1.807) is 6.07 Å². The molecule has 0 unspecified atom stereocenters. The topological polar surface area (TPSA) is 183 Å². The van der Waals surface area contributed by atoms with Crippen LogP contribution in [0.15, 0.2) is 65.6 Å². The van der Waals surface area contributed by atoms with Gasteiger partial charge in [0, 0.05) is 23.9 Å². The smallest absolute Gasteiger partial charge is 0.342 e. The molecule has 0 saturated heterocycles. The largest absolute Gasteiger partial charge is 0.507 e. The molecule has 0 atom stereocenters. The summed E-state index contributed by atoms with van der Waals surface area (Å²) in [5, 5.41) is 23.3. The number of carbonyl (C=O) groups is 2. The van der Waals surface area contributed by atoms with Crippen molar-refractivity contribution in [2.24, 2.45) is 0 Å². The zero-order chi connectivity index (χ0) is 27.2. The molecule has 3 rings (SSSR count). The molecule has 0 aromatic heterocycles. The molecule has 0 aliphatic carbocycles. The number of benzene rings is 3. The predicted molar refractivity (Wildman–Crippen MR) is 130 cm³/mol. The maximum absolute atomic E-state index is 12.7. The van der Waals surface area contributed by atoms with Gasteiger partial charge in [-0.1, -0.05) is 0 Å². The molecule has 3 aromatic carbocycles. The summed E-state index contributed by atoms with van der Waals surface area (Å²) in [6, 6.07) is 12.2. The number of nitrogens with one attached hydrogen (secondary N) is 2. The molecule has 14 heteroatoms. The summed E-state index contributed by atoms with van der Waals surface area (Å²) in [6.45, 7) is -0.745. The Kier molecular flexibility index (Phi) is 8.14. The molecule has 0 heterocycles. The number of anilines is 2. The molecular formula is C23H21N3O10S. The third-order valence-corrected chi connectivity index (χ3v) is 6.22. The molecule has 37 heavy (non-hydrogen) atoms. The van der Waals surface area contributed by atoms with Crippen molar-refractivity contribution in [3.8, 4) is 17.2 Å². The molecule has 0 bridgehead atoms. The number of amides is 1. The minimum atomic E-state index is -4.25. The van der Waals surface area contributed by atoms with Crippen LogP contribution in [-0.4, -0.2) is 51.2 Å². The van der Waals surface area contributed by atoms with Crippen LogP contribution in [-0.2, 0) is 19.6 Å². The summed E-state index contributed by atoms with van der Waals surface area (Å²) in [6.07, 6.45) is 0. The molecule has 0 saturated carbocycles. The van der Waals surface area contributed by atoms with Crippen molar-refractivity contribution < 1.29 is 42.2 Å². The zero-order valence-electron chi connectivity index (χ0n) is 19.5. The number of phenols is 1. The summed E-state index contributed by atoms with van der Waals surface area (Å²) in [4.78, 5) is 34.5. The van der Waals surface area contributed by atoms with E-state index in [0.29, 0.717) is 11.5 Å². The van der Waals surface area contributed by atoms with Gasteiger partial charge in [-0.05, 0) is 42.5 Å². The minimum absolute atomic E-state index is 0.0356. The SMILES string of the molecule is COc1ccc(NC(=O)COC(=O)c2cc(S(=O)(=O)Nc3ccc([N+](=O)[O-])cc3)ccc2O)c(OC)c1. The van der Waals surface area contributed by atoms with Crippen LogP contribution in [0.1, 0.15) is 10.4 Å². The van der Waals surface area contributed by atoms with E-state index in [0.717, 1.165) is 30.3 Å². The summed E-state index contributed by atoms with van der Waals surface area (Å²) in [7, 11) is -1.39. The Morgan fingerprint density at radius 1 is 1.00 bits per heavy atom. The third-order valence-electron chi connectivity index (χ3n) is 4.85. The molecule has 0 aliphatic heterocycles. The number of phenolic OH excluding ortho intramolecular Hbond substituents is 1. The highest BCUT2D eigenvalue weighted by Gasteiger charge is 2.21. The number of carbonyl (C=O) groups excluding carboxylic acids is 2. The highest BCUT2D eigenvalue weighted by Crippen LogP contribution is 2.29. The number of sulfonamides is 1. The van der Waals surface area contributed by atoms with Crippen LogP contribution in [0, 0.1) is 10.1 Å². The second kappa shape index (κ2) is 11.3. The average Bonchev–Trinajstić information content (AvgIpc) is 2.87. The Labute approximate surface area is 210 Å². The van der Waals surface area contributed by atoms with E-state index < -0.39 is 49.6 Å². The third kappa shape index (κ3) is 6.64. The van der Waals surface area contributed by atoms with Gasteiger partial charge in [-0.25, -0.2) is 13.2 Å². The summed E-state index contributed by atoms with van der Waals surface area (Å²) in [5.41, 5.74) is -0.403. The van der Waals surface area contributed by atoms with Gasteiger partial charge in [-0.3, -0.25) is 19.6 Å². The molecule has 3 aromatic rings. The van der Waals surface area contributed by atoms with Crippen LogP contribution < -0.4 is 19.5 Å². The molecule has 1 amide bonds. The predicted octanol–water partition coefficient (Wildman–Crippen LogP) is 2.91. The number of rotatable bonds is 10. The van der Waals surface area contributed by atoms with Crippen LogP contribution in [0.3, 0.4) is 0 Å². The molecule has 3 N–H and O–H groups in total. The van der Waals surface area contributed by atoms with Crippen LogP contribution in [0.25, 0.3) is 0 Å². The Balaban J connectivity index is 1.69. The van der Waals surface area contributed by atoms with E-state index in [4.69, 9.17) is 14.2 Å². The number of nitro benzene ring substituents is 1. The van der Waals surface area contributed by atoms with E-state index in [-0.39, 0.29) is 17.1 Å². The fourth-order valence-electron chi connectivity index (χ4n) is 3.01. The van der Waals surface area contributed by atoms with Crippen LogP contribution in [0.5, 0.6) is 17.2 Å². The van der Waals surface area contributed by atoms with Crippen molar-refractivity contribution in [1.29, 1.82) is 0 Å². The highest BCUT2D eigenvalue weighted by molar-refractivity contribution is 7.92. The fourth-order valence-corrected chi connectivity index (χ4v) is 4.09. The number of aromatic hydroxyl groups is 1. The Morgan fingerprint density at radius 3 is 2.32 bits per heavy atom. The van der Waals surface area contributed by atoms with E-state index in [1.165, 1.54) is 38.5 Å². The first-order valence-corrected chi connectivity index (χ1v) is 11.8. The second-order valence-corrected chi connectivity index (χ2v) is 8.96. The lowest BCUT2D eigenvalue weighted by Crippen LogP contribution is -2.21. The Morgan fingerprint density at radius 2 is 1.70 bits per heavy atom. The number of ether oxygens (including phenoxy) is 3. The first-order chi connectivity index (χ1) is 17.5. The number of hydrogen-bond acceptors (Lipinski definition) is 10.